The zero-order chi connectivity index (χ0) is 17.5. The molecular formula is C18H24N2O4. The van der Waals surface area contributed by atoms with Gasteiger partial charge < -0.3 is 15.4 Å². The molecule has 1 unspecified atom stereocenters. The first kappa shape index (κ1) is 18.0. The number of benzene rings is 1. The number of anilines is 1. The Morgan fingerprint density at radius 2 is 1.79 bits per heavy atom. The Balaban J connectivity index is 2.03. The van der Waals surface area contributed by atoms with Crippen molar-refractivity contribution in [1.82, 2.24) is 5.32 Å². The van der Waals surface area contributed by atoms with Crippen molar-refractivity contribution in [1.29, 1.82) is 0 Å². The highest BCUT2D eigenvalue weighted by atomic mass is 16.5. The number of hydrogen-bond acceptors (Lipinski definition) is 4. The third-order valence-corrected chi connectivity index (χ3v) is 4.18. The number of amides is 2. The minimum Gasteiger partial charge on any atom is -0.462 e. The summed E-state index contributed by atoms with van der Waals surface area (Å²) in [5.74, 6) is -0.647. The summed E-state index contributed by atoms with van der Waals surface area (Å²) in [6.07, 6.45) is 4.06. The van der Waals surface area contributed by atoms with E-state index in [1.165, 1.54) is 6.92 Å². The number of carbonyl (C=O) groups is 3. The Morgan fingerprint density at radius 3 is 2.33 bits per heavy atom. The Kier molecular flexibility index (Phi) is 6.35. The predicted octanol–water partition coefficient (Wildman–Crippen LogP) is 2.50. The van der Waals surface area contributed by atoms with Crippen molar-refractivity contribution in [2.75, 3.05) is 11.9 Å². The highest BCUT2D eigenvalue weighted by molar-refractivity contribution is 5.97. The molecular weight excluding hydrogens is 308 g/mol. The minimum atomic E-state index is -0.519. The number of ether oxygens (including phenoxy) is 1. The number of carbonyl (C=O) groups excluding carboxylic acids is 3. The van der Waals surface area contributed by atoms with Crippen molar-refractivity contribution in [3.63, 3.8) is 0 Å². The molecule has 1 aliphatic carbocycles. The molecule has 1 aromatic carbocycles. The van der Waals surface area contributed by atoms with Crippen LogP contribution in [0.1, 0.15) is 49.9 Å². The SMILES string of the molecule is CCOC(=O)c1ccc(NC(=O)C(NC(C)=O)C2CCCC2)cc1. The molecule has 0 aliphatic heterocycles. The van der Waals surface area contributed by atoms with Gasteiger partial charge in [-0.15, -0.1) is 0 Å². The molecule has 2 rings (SSSR count). The first-order valence-corrected chi connectivity index (χ1v) is 8.36. The molecule has 0 spiro atoms. The Bertz CT molecular complexity index is 592. The van der Waals surface area contributed by atoms with E-state index in [1.54, 1.807) is 31.2 Å². The van der Waals surface area contributed by atoms with Gasteiger partial charge in [-0.2, -0.15) is 0 Å². The van der Waals surface area contributed by atoms with Crippen molar-refractivity contribution in [2.24, 2.45) is 5.92 Å². The van der Waals surface area contributed by atoms with Crippen LogP contribution in [0.4, 0.5) is 5.69 Å². The number of nitrogens with one attached hydrogen (secondary N) is 2. The van der Waals surface area contributed by atoms with Crippen molar-refractivity contribution >= 4 is 23.5 Å². The Labute approximate surface area is 142 Å². The third-order valence-electron chi connectivity index (χ3n) is 4.18. The van der Waals surface area contributed by atoms with Gasteiger partial charge in [-0.1, -0.05) is 12.8 Å². The average Bonchev–Trinajstić information content (AvgIpc) is 3.07. The zero-order valence-electron chi connectivity index (χ0n) is 14.1. The average molecular weight is 332 g/mol. The first-order valence-electron chi connectivity index (χ1n) is 8.36. The smallest absolute Gasteiger partial charge is 0.338 e. The molecule has 0 aromatic heterocycles. The number of esters is 1. The van der Waals surface area contributed by atoms with Crippen LogP contribution in [0.3, 0.4) is 0 Å². The molecule has 1 saturated carbocycles. The zero-order valence-corrected chi connectivity index (χ0v) is 14.1. The largest absolute Gasteiger partial charge is 0.462 e. The van der Waals surface area contributed by atoms with Crippen LogP contribution < -0.4 is 10.6 Å². The van der Waals surface area contributed by atoms with E-state index in [0.717, 1.165) is 25.7 Å². The molecule has 6 heteroatoms. The number of hydrogen-bond donors (Lipinski definition) is 2. The van der Waals surface area contributed by atoms with Gasteiger partial charge in [-0.05, 0) is 49.9 Å². The lowest BCUT2D eigenvalue weighted by molar-refractivity contribution is -0.126. The molecule has 6 nitrogen and oxygen atoms in total. The van der Waals surface area contributed by atoms with E-state index in [-0.39, 0.29) is 17.7 Å². The molecule has 130 valence electrons. The van der Waals surface area contributed by atoms with E-state index in [2.05, 4.69) is 10.6 Å². The van der Waals surface area contributed by atoms with Crippen molar-refractivity contribution < 1.29 is 19.1 Å². The summed E-state index contributed by atoms with van der Waals surface area (Å²) in [7, 11) is 0. The van der Waals surface area contributed by atoms with Gasteiger partial charge in [0.25, 0.3) is 0 Å². The summed E-state index contributed by atoms with van der Waals surface area (Å²) in [5.41, 5.74) is 1.02. The van der Waals surface area contributed by atoms with Gasteiger partial charge in [0.05, 0.1) is 12.2 Å². The van der Waals surface area contributed by atoms with Crippen LogP contribution in [0.25, 0.3) is 0 Å². The van der Waals surface area contributed by atoms with E-state index in [9.17, 15) is 14.4 Å². The topological polar surface area (TPSA) is 84.5 Å². The molecule has 0 heterocycles. The molecule has 1 aliphatic rings. The summed E-state index contributed by atoms with van der Waals surface area (Å²) in [5, 5.41) is 5.58. The molecule has 1 fully saturated rings. The quantitative estimate of drug-likeness (QED) is 0.784. The molecule has 0 saturated heterocycles. The highest BCUT2D eigenvalue weighted by Gasteiger charge is 2.31. The fraction of sp³-hybridized carbons (Fsp3) is 0.500. The summed E-state index contributed by atoms with van der Waals surface area (Å²) in [4.78, 5) is 35.6. The van der Waals surface area contributed by atoms with Crippen molar-refractivity contribution in [3.05, 3.63) is 29.8 Å². The van der Waals surface area contributed by atoms with Crippen LogP contribution in [-0.4, -0.2) is 30.4 Å². The van der Waals surface area contributed by atoms with Crippen molar-refractivity contribution in [3.8, 4) is 0 Å². The van der Waals surface area contributed by atoms with Gasteiger partial charge in [0.1, 0.15) is 6.04 Å². The van der Waals surface area contributed by atoms with Crippen molar-refractivity contribution in [2.45, 2.75) is 45.6 Å². The molecule has 2 N–H and O–H groups in total. The van der Waals surface area contributed by atoms with Gasteiger partial charge in [0.2, 0.25) is 11.8 Å². The van der Waals surface area contributed by atoms with Gasteiger partial charge >= 0.3 is 5.97 Å². The maximum absolute atomic E-state index is 12.5. The lowest BCUT2D eigenvalue weighted by atomic mass is 9.97. The van der Waals surface area contributed by atoms with Gasteiger partial charge in [0, 0.05) is 12.6 Å². The normalized spacial score (nSPS) is 15.6. The van der Waals surface area contributed by atoms with Gasteiger partial charge in [-0.25, -0.2) is 4.79 Å². The van der Waals surface area contributed by atoms with E-state index >= 15 is 0 Å². The van der Waals surface area contributed by atoms with E-state index in [0.29, 0.717) is 17.9 Å². The number of rotatable bonds is 6. The van der Waals surface area contributed by atoms with Crippen LogP contribution >= 0.6 is 0 Å². The second-order valence-corrected chi connectivity index (χ2v) is 6.01. The van der Waals surface area contributed by atoms with Gasteiger partial charge in [0.15, 0.2) is 0 Å². The van der Waals surface area contributed by atoms with Crippen LogP contribution in [0.2, 0.25) is 0 Å². The monoisotopic (exact) mass is 332 g/mol. The molecule has 1 atom stereocenters. The van der Waals surface area contributed by atoms with Crippen LogP contribution in [0, 0.1) is 5.92 Å². The molecule has 2 amide bonds. The molecule has 0 radical (unpaired) electrons. The lowest BCUT2D eigenvalue weighted by Gasteiger charge is -2.23. The van der Waals surface area contributed by atoms with Gasteiger partial charge in [-0.3, -0.25) is 9.59 Å². The second-order valence-electron chi connectivity index (χ2n) is 6.01. The van der Waals surface area contributed by atoms with E-state index < -0.39 is 12.0 Å². The maximum atomic E-state index is 12.5. The molecule has 24 heavy (non-hydrogen) atoms. The third kappa shape index (κ3) is 4.81. The molecule has 0 bridgehead atoms. The minimum absolute atomic E-state index is 0.174. The fourth-order valence-corrected chi connectivity index (χ4v) is 3.03. The fourth-order valence-electron chi connectivity index (χ4n) is 3.03. The Hall–Kier alpha value is -2.37. The van der Waals surface area contributed by atoms with E-state index in [1.807, 2.05) is 0 Å². The standard InChI is InChI=1S/C18H24N2O4/c1-3-24-18(23)14-8-10-15(11-9-14)20-17(22)16(19-12(2)21)13-6-4-5-7-13/h8-11,13,16H,3-7H2,1-2H3,(H,19,21)(H,20,22). The predicted molar refractivity (Wildman–Crippen MR) is 90.6 cm³/mol. The summed E-state index contributed by atoms with van der Waals surface area (Å²) < 4.78 is 4.92. The highest BCUT2D eigenvalue weighted by Crippen LogP contribution is 2.28. The van der Waals surface area contributed by atoms with Crippen LogP contribution in [0.15, 0.2) is 24.3 Å². The van der Waals surface area contributed by atoms with Crippen LogP contribution in [0.5, 0.6) is 0 Å². The first-order chi connectivity index (χ1) is 11.5. The second kappa shape index (κ2) is 8.47. The van der Waals surface area contributed by atoms with E-state index in [4.69, 9.17) is 4.74 Å². The summed E-state index contributed by atoms with van der Waals surface area (Å²) in [6, 6.07) is 6.01. The maximum Gasteiger partial charge on any atom is 0.338 e. The summed E-state index contributed by atoms with van der Waals surface area (Å²) >= 11 is 0. The summed E-state index contributed by atoms with van der Waals surface area (Å²) in [6.45, 7) is 3.48. The Morgan fingerprint density at radius 1 is 1.17 bits per heavy atom. The lowest BCUT2D eigenvalue weighted by Crippen LogP contribution is -2.47. The van der Waals surface area contributed by atoms with Crippen LogP contribution in [-0.2, 0) is 14.3 Å². The molecule has 1 aromatic rings.